The van der Waals surface area contributed by atoms with E-state index >= 15 is 0 Å². The molecule has 1 aromatic rings. The average molecular weight is 222 g/mol. The fraction of sp³-hybridized carbons (Fsp3) is 0.615. The van der Waals surface area contributed by atoms with Crippen LogP contribution >= 0.6 is 0 Å². The summed E-state index contributed by atoms with van der Waals surface area (Å²) in [6.07, 6.45) is 4.65. The van der Waals surface area contributed by atoms with Crippen LogP contribution in [0.25, 0.3) is 0 Å². The lowest BCUT2D eigenvalue weighted by Crippen LogP contribution is -2.30. The second kappa shape index (κ2) is 7.36. The van der Waals surface area contributed by atoms with Crippen LogP contribution in [0.3, 0.4) is 0 Å². The van der Waals surface area contributed by atoms with Crippen LogP contribution in [0.5, 0.6) is 0 Å². The van der Waals surface area contributed by atoms with Gasteiger partial charge in [-0.1, -0.05) is 13.8 Å². The van der Waals surface area contributed by atoms with Crippen molar-refractivity contribution in [2.24, 2.45) is 11.8 Å². The molecule has 16 heavy (non-hydrogen) atoms. The van der Waals surface area contributed by atoms with Gasteiger partial charge < -0.3 is 10.4 Å². The molecule has 2 N–H and O–H groups in total. The van der Waals surface area contributed by atoms with Crippen molar-refractivity contribution in [2.45, 2.75) is 20.3 Å². The summed E-state index contributed by atoms with van der Waals surface area (Å²) in [5.41, 5.74) is 1.30. The Morgan fingerprint density at radius 2 is 2.00 bits per heavy atom. The maximum absolute atomic E-state index is 9.16. The lowest BCUT2D eigenvalue weighted by molar-refractivity contribution is 0.186. The molecule has 0 saturated carbocycles. The highest BCUT2D eigenvalue weighted by atomic mass is 16.3. The molecule has 0 amide bonds. The fourth-order valence-corrected chi connectivity index (χ4v) is 1.58. The molecule has 1 heterocycles. The molecule has 3 heteroatoms. The second-order valence-corrected chi connectivity index (χ2v) is 4.50. The summed E-state index contributed by atoms with van der Waals surface area (Å²) in [7, 11) is 0. The van der Waals surface area contributed by atoms with Gasteiger partial charge >= 0.3 is 0 Å². The molecule has 0 saturated heterocycles. The topological polar surface area (TPSA) is 45.1 Å². The van der Waals surface area contributed by atoms with E-state index in [0.29, 0.717) is 11.8 Å². The minimum atomic E-state index is 0.264. The minimum Gasteiger partial charge on any atom is -0.396 e. The van der Waals surface area contributed by atoms with Crippen LogP contribution in [0.4, 0.5) is 0 Å². The van der Waals surface area contributed by atoms with Crippen molar-refractivity contribution in [1.82, 2.24) is 10.3 Å². The number of nitrogens with one attached hydrogen (secondary N) is 1. The molecule has 0 radical (unpaired) electrons. The van der Waals surface area contributed by atoms with E-state index in [1.165, 1.54) is 5.56 Å². The highest BCUT2D eigenvalue weighted by Crippen LogP contribution is 2.08. The third-order valence-electron chi connectivity index (χ3n) is 2.92. The monoisotopic (exact) mass is 222 g/mol. The summed E-state index contributed by atoms with van der Waals surface area (Å²) in [5.74, 6) is 0.885. The number of rotatable bonds is 7. The van der Waals surface area contributed by atoms with Crippen molar-refractivity contribution in [3.05, 3.63) is 30.1 Å². The lowest BCUT2D eigenvalue weighted by Gasteiger charge is -2.18. The van der Waals surface area contributed by atoms with Gasteiger partial charge in [0.05, 0.1) is 0 Å². The number of aliphatic hydroxyl groups excluding tert-OH is 1. The summed E-state index contributed by atoms with van der Waals surface area (Å²) in [6, 6.07) is 4.07. The molecule has 0 bridgehead atoms. The van der Waals surface area contributed by atoms with Crippen molar-refractivity contribution < 1.29 is 5.11 Å². The Hall–Kier alpha value is -0.930. The summed E-state index contributed by atoms with van der Waals surface area (Å²) < 4.78 is 0. The number of nitrogens with zero attached hydrogens (tertiary/aromatic N) is 1. The molecular formula is C13H22N2O. The van der Waals surface area contributed by atoms with Gasteiger partial charge in [-0.05, 0) is 42.5 Å². The number of aliphatic hydroxyl groups is 1. The maximum atomic E-state index is 9.16. The van der Waals surface area contributed by atoms with Crippen molar-refractivity contribution in [1.29, 1.82) is 0 Å². The van der Waals surface area contributed by atoms with Gasteiger partial charge in [0, 0.05) is 25.5 Å². The highest BCUT2D eigenvalue weighted by molar-refractivity contribution is 5.09. The Morgan fingerprint density at radius 3 is 2.56 bits per heavy atom. The summed E-state index contributed by atoms with van der Waals surface area (Å²) in [4.78, 5) is 3.98. The first kappa shape index (κ1) is 13.1. The molecule has 0 aliphatic carbocycles. The first-order valence-electron chi connectivity index (χ1n) is 5.94. The minimum absolute atomic E-state index is 0.264. The van der Waals surface area contributed by atoms with E-state index < -0.39 is 0 Å². The van der Waals surface area contributed by atoms with Gasteiger partial charge in [-0.15, -0.1) is 0 Å². The van der Waals surface area contributed by atoms with E-state index in [4.69, 9.17) is 5.11 Å². The molecule has 0 aliphatic rings. The molecule has 90 valence electrons. The highest BCUT2D eigenvalue weighted by Gasteiger charge is 2.10. The smallest absolute Gasteiger partial charge is 0.0473 e. The van der Waals surface area contributed by atoms with Crippen LogP contribution in [-0.4, -0.2) is 29.8 Å². The predicted molar refractivity (Wildman–Crippen MR) is 66.2 cm³/mol. The molecule has 1 rings (SSSR count). The first-order chi connectivity index (χ1) is 7.74. The zero-order valence-corrected chi connectivity index (χ0v) is 10.2. The van der Waals surface area contributed by atoms with Crippen LogP contribution < -0.4 is 5.32 Å². The van der Waals surface area contributed by atoms with E-state index in [-0.39, 0.29) is 6.61 Å². The van der Waals surface area contributed by atoms with Crippen LogP contribution in [0.15, 0.2) is 24.5 Å². The Labute approximate surface area is 97.9 Å². The summed E-state index contributed by atoms with van der Waals surface area (Å²) in [5, 5.41) is 12.6. The third kappa shape index (κ3) is 4.73. The van der Waals surface area contributed by atoms with Crippen molar-refractivity contribution in [3.63, 3.8) is 0 Å². The quantitative estimate of drug-likeness (QED) is 0.687. The van der Waals surface area contributed by atoms with Gasteiger partial charge in [-0.2, -0.15) is 0 Å². The van der Waals surface area contributed by atoms with Gasteiger partial charge in [0.15, 0.2) is 0 Å². The largest absolute Gasteiger partial charge is 0.396 e. The Morgan fingerprint density at radius 1 is 1.31 bits per heavy atom. The zero-order chi connectivity index (χ0) is 11.8. The predicted octanol–water partition coefficient (Wildman–Crippen LogP) is 1.48. The van der Waals surface area contributed by atoms with Gasteiger partial charge in [0.2, 0.25) is 0 Å². The third-order valence-corrected chi connectivity index (χ3v) is 2.92. The lowest BCUT2D eigenvalue weighted by atomic mass is 9.97. The number of aromatic nitrogens is 1. The van der Waals surface area contributed by atoms with Gasteiger partial charge in [0.25, 0.3) is 0 Å². The van der Waals surface area contributed by atoms with Crippen molar-refractivity contribution in [2.75, 3.05) is 19.7 Å². The van der Waals surface area contributed by atoms with Crippen LogP contribution in [0.2, 0.25) is 0 Å². The summed E-state index contributed by atoms with van der Waals surface area (Å²) in [6.45, 7) is 6.39. The van der Waals surface area contributed by atoms with Gasteiger partial charge in [-0.3, -0.25) is 4.98 Å². The second-order valence-electron chi connectivity index (χ2n) is 4.50. The molecule has 0 fully saturated rings. The molecule has 0 aromatic carbocycles. The average Bonchev–Trinajstić information content (AvgIpc) is 2.30. The van der Waals surface area contributed by atoms with Crippen LogP contribution in [0, 0.1) is 11.8 Å². The molecule has 1 unspecified atom stereocenters. The van der Waals surface area contributed by atoms with Crippen LogP contribution in [0.1, 0.15) is 19.4 Å². The maximum Gasteiger partial charge on any atom is 0.0473 e. The summed E-state index contributed by atoms with van der Waals surface area (Å²) >= 11 is 0. The number of hydrogen-bond acceptors (Lipinski definition) is 3. The van der Waals surface area contributed by atoms with E-state index in [9.17, 15) is 0 Å². The van der Waals surface area contributed by atoms with Gasteiger partial charge in [-0.25, -0.2) is 0 Å². The zero-order valence-electron chi connectivity index (χ0n) is 10.2. The van der Waals surface area contributed by atoms with E-state index in [2.05, 4.69) is 24.1 Å². The van der Waals surface area contributed by atoms with Crippen molar-refractivity contribution in [3.8, 4) is 0 Å². The van der Waals surface area contributed by atoms with E-state index in [1.54, 1.807) is 0 Å². The first-order valence-corrected chi connectivity index (χ1v) is 5.94. The van der Waals surface area contributed by atoms with Gasteiger partial charge in [0.1, 0.15) is 0 Å². The molecular weight excluding hydrogens is 200 g/mol. The standard InChI is InChI=1S/C13H22N2O/c1-11(2)13(10-16)9-15-8-5-12-3-6-14-7-4-12/h3-4,6-7,11,13,15-16H,5,8-10H2,1-2H3. The SMILES string of the molecule is CC(C)C(CO)CNCCc1ccncc1. The van der Waals surface area contributed by atoms with E-state index in [1.807, 2.05) is 24.5 Å². The van der Waals surface area contributed by atoms with Crippen molar-refractivity contribution >= 4 is 0 Å². The molecule has 3 nitrogen and oxygen atoms in total. The normalized spacial score (nSPS) is 13.0. The molecule has 1 atom stereocenters. The number of pyridine rings is 1. The fourth-order valence-electron chi connectivity index (χ4n) is 1.58. The Bertz CT molecular complexity index is 275. The number of hydrogen-bond donors (Lipinski definition) is 2. The van der Waals surface area contributed by atoms with Crippen LogP contribution in [-0.2, 0) is 6.42 Å². The van der Waals surface area contributed by atoms with E-state index in [0.717, 1.165) is 19.5 Å². The molecule has 1 aromatic heterocycles. The Balaban J connectivity index is 2.16. The molecule has 0 aliphatic heterocycles. The Kier molecular flexibility index (Phi) is 6.04. The molecule has 0 spiro atoms.